The molecule has 0 aliphatic carbocycles. The molecule has 0 saturated carbocycles. The molecule has 0 aromatic heterocycles. The second-order valence-corrected chi connectivity index (χ2v) is 7.69. The summed E-state index contributed by atoms with van der Waals surface area (Å²) in [7, 11) is 0. The average molecular weight is 389 g/mol. The maximum atomic E-state index is 12.7. The summed E-state index contributed by atoms with van der Waals surface area (Å²) in [5.41, 5.74) is 7.85. The van der Waals surface area contributed by atoms with Gasteiger partial charge in [0.1, 0.15) is 5.60 Å². The molecule has 0 aliphatic heterocycles. The molecule has 3 N–H and O–H groups in total. The minimum Gasteiger partial charge on any atom is -0.444 e. The van der Waals surface area contributed by atoms with Gasteiger partial charge in [-0.3, -0.25) is 4.79 Å². The summed E-state index contributed by atoms with van der Waals surface area (Å²) in [5, 5.41) is 3.16. The van der Waals surface area contributed by atoms with Crippen LogP contribution in [0.4, 0.5) is 10.5 Å². The van der Waals surface area contributed by atoms with Gasteiger partial charge in [-0.05, 0) is 51.3 Å². The minimum absolute atomic E-state index is 0.163. The molecule has 6 heteroatoms. The van der Waals surface area contributed by atoms with Gasteiger partial charge in [-0.25, -0.2) is 4.79 Å². The number of hydrogen-bond acceptors (Lipinski definition) is 4. The van der Waals surface area contributed by atoms with Crippen molar-refractivity contribution in [1.82, 2.24) is 5.32 Å². The van der Waals surface area contributed by atoms with Gasteiger partial charge in [0.25, 0.3) is 0 Å². The number of nitrogens with one attached hydrogen (secondary N) is 1. The third-order valence-corrected chi connectivity index (χ3v) is 4.02. The third kappa shape index (κ3) is 6.29. The molecule has 2 rings (SSSR count). The Morgan fingerprint density at radius 2 is 1.81 bits per heavy atom. The van der Waals surface area contributed by atoms with Crippen LogP contribution in [0.2, 0.25) is 5.02 Å². The number of benzene rings is 2. The predicted octanol–water partition coefficient (Wildman–Crippen LogP) is 4.61. The van der Waals surface area contributed by atoms with Crippen LogP contribution >= 0.6 is 11.6 Å². The number of halogens is 1. The average Bonchev–Trinajstić information content (AvgIpc) is 2.59. The molecule has 2 aromatic rings. The Morgan fingerprint density at radius 3 is 2.44 bits per heavy atom. The Morgan fingerprint density at radius 1 is 1.15 bits per heavy atom. The van der Waals surface area contributed by atoms with Crippen molar-refractivity contribution in [2.45, 2.75) is 39.2 Å². The van der Waals surface area contributed by atoms with Crippen molar-refractivity contribution in [3.63, 3.8) is 0 Å². The summed E-state index contributed by atoms with van der Waals surface area (Å²) in [4.78, 5) is 24.4. The number of ketones is 1. The molecular weight excluding hydrogens is 364 g/mol. The summed E-state index contributed by atoms with van der Waals surface area (Å²) in [6.45, 7) is 5.86. The number of alkyl carbamates (subject to hydrolysis) is 1. The van der Waals surface area contributed by atoms with Gasteiger partial charge in [0.2, 0.25) is 0 Å². The van der Waals surface area contributed by atoms with Gasteiger partial charge in [-0.1, -0.05) is 41.9 Å². The molecular formula is C21H25ClN2O3. The topological polar surface area (TPSA) is 81.4 Å². The van der Waals surface area contributed by atoms with Crippen molar-refractivity contribution in [2.24, 2.45) is 0 Å². The number of amides is 1. The third-order valence-electron chi connectivity index (χ3n) is 3.80. The first-order chi connectivity index (χ1) is 12.7. The lowest BCUT2D eigenvalue weighted by molar-refractivity contribution is 0.0527. The maximum absolute atomic E-state index is 12.7. The molecule has 0 unspecified atom stereocenters. The van der Waals surface area contributed by atoms with E-state index in [0.29, 0.717) is 41.2 Å². The minimum atomic E-state index is -0.534. The lowest BCUT2D eigenvalue weighted by Crippen LogP contribution is -2.33. The number of nitrogens with two attached hydrogens (primary N) is 1. The first kappa shape index (κ1) is 20.8. The molecule has 1 amide bonds. The lowest BCUT2D eigenvalue weighted by atomic mass is 9.97. The van der Waals surface area contributed by atoms with E-state index in [1.165, 1.54) is 0 Å². The highest BCUT2D eigenvalue weighted by Gasteiger charge is 2.17. The lowest BCUT2D eigenvalue weighted by Gasteiger charge is -2.19. The van der Waals surface area contributed by atoms with Gasteiger partial charge in [0, 0.05) is 28.4 Å². The molecule has 2 aromatic carbocycles. The van der Waals surface area contributed by atoms with Gasteiger partial charge >= 0.3 is 6.09 Å². The van der Waals surface area contributed by atoms with Crippen LogP contribution in [0.5, 0.6) is 0 Å². The molecule has 27 heavy (non-hydrogen) atoms. The van der Waals surface area contributed by atoms with Crippen molar-refractivity contribution in [3.8, 4) is 0 Å². The quantitative estimate of drug-likeness (QED) is 0.430. The van der Waals surface area contributed by atoms with Crippen LogP contribution in [0.1, 0.15) is 48.7 Å². The Hall–Kier alpha value is -2.53. The molecule has 0 spiro atoms. The first-order valence-electron chi connectivity index (χ1n) is 8.82. The number of ether oxygens (including phenoxy) is 1. The van der Waals surface area contributed by atoms with E-state index in [2.05, 4.69) is 5.32 Å². The Labute approximate surface area is 164 Å². The van der Waals surface area contributed by atoms with E-state index >= 15 is 0 Å². The number of aryl methyl sites for hydroxylation is 1. The van der Waals surface area contributed by atoms with Gasteiger partial charge in [-0.2, -0.15) is 0 Å². The highest BCUT2D eigenvalue weighted by Crippen LogP contribution is 2.26. The number of carbonyl (C=O) groups is 2. The number of carbonyl (C=O) groups excluding carboxylic acids is 2. The largest absolute Gasteiger partial charge is 0.444 e. The smallest absolute Gasteiger partial charge is 0.407 e. The Kier molecular flexibility index (Phi) is 6.86. The van der Waals surface area contributed by atoms with Crippen molar-refractivity contribution < 1.29 is 14.3 Å². The SMILES string of the molecule is CC(C)(C)OC(=O)NCCCc1cc(Cl)cc(C(=O)c2ccccc2)c1N. The van der Waals surface area contributed by atoms with E-state index in [-0.39, 0.29) is 5.78 Å². The van der Waals surface area contributed by atoms with Crippen LogP contribution in [0.25, 0.3) is 0 Å². The molecule has 0 aliphatic rings. The number of rotatable bonds is 6. The fourth-order valence-electron chi connectivity index (χ4n) is 2.60. The first-order valence-corrected chi connectivity index (χ1v) is 9.19. The monoisotopic (exact) mass is 388 g/mol. The molecule has 0 radical (unpaired) electrons. The number of nitrogen functional groups attached to an aromatic ring is 1. The van der Waals surface area contributed by atoms with Crippen LogP contribution in [0, 0.1) is 0 Å². The Bertz CT molecular complexity index is 814. The van der Waals surface area contributed by atoms with Gasteiger partial charge in [-0.15, -0.1) is 0 Å². The van der Waals surface area contributed by atoms with Crippen molar-refractivity contribution in [1.29, 1.82) is 0 Å². The number of hydrogen-bond donors (Lipinski definition) is 2. The van der Waals surface area contributed by atoms with Crippen LogP contribution in [-0.2, 0) is 11.2 Å². The molecule has 0 heterocycles. The van der Waals surface area contributed by atoms with E-state index in [1.54, 1.807) is 36.4 Å². The van der Waals surface area contributed by atoms with E-state index in [4.69, 9.17) is 22.1 Å². The van der Waals surface area contributed by atoms with Gasteiger partial charge < -0.3 is 15.8 Å². The molecule has 0 fully saturated rings. The zero-order valence-corrected chi connectivity index (χ0v) is 16.6. The van der Waals surface area contributed by atoms with Gasteiger partial charge in [0.05, 0.1) is 0 Å². The highest BCUT2D eigenvalue weighted by atomic mass is 35.5. The normalized spacial score (nSPS) is 11.1. The fraction of sp³-hybridized carbons (Fsp3) is 0.333. The van der Waals surface area contributed by atoms with E-state index in [9.17, 15) is 9.59 Å². The van der Waals surface area contributed by atoms with Gasteiger partial charge in [0.15, 0.2) is 5.78 Å². The van der Waals surface area contributed by atoms with Crippen molar-refractivity contribution in [3.05, 3.63) is 64.2 Å². The molecule has 0 saturated heterocycles. The van der Waals surface area contributed by atoms with E-state index in [1.807, 2.05) is 26.8 Å². The van der Waals surface area contributed by atoms with Crippen molar-refractivity contribution in [2.75, 3.05) is 12.3 Å². The second-order valence-electron chi connectivity index (χ2n) is 7.25. The highest BCUT2D eigenvalue weighted by molar-refractivity contribution is 6.31. The second kappa shape index (κ2) is 8.91. The fourth-order valence-corrected chi connectivity index (χ4v) is 2.84. The molecule has 0 bridgehead atoms. The van der Waals surface area contributed by atoms with Crippen LogP contribution in [0.15, 0.2) is 42.5 Å². The summed E-state index contributed by atoms with van der Waals surface area (Å²) < 4.78 is 5.19. The van der Waals surface area contributed by atoms with Crippen LogP contribution < -0.4 is 11.1 Å². The van der Waals surface area contributed by atoms with E-state index in [0.717, 1.165) is 5.56 Å². The number of anilines is 1. The summed E-state index contributed by atoms with van der Waals surface area (Å²) >= 11 is 6.19. The van der Waals surface area contributed by atoms with Crippen LogP contribution in [-0.4, -0.2) is 24.0 Å². The summed E-state index contributed by atoms with van der Waals surface area (Å²) in [5.74, 6) is -0.163. The molecule has 144 valence electrons. The summed E-state index contributed by atoms with van der Waals surface area (Å²) in [6.07, 6.45) is 0.765. The van der Waals surface area contributed by atoms with E-state index < -0.39 is 11.7 Å². The molecule has 0 atom stereocenters. The van der Waals surface area contributed by atoms with Crippen molar-refractivity contribution >= 4 is 29.2 Å². The zero-order valence-electron chi connectivity index (χ0n) is 15.8. The predicted molar refractivity (Wildman–Crippen MR) is 108 cm³/mol. The zero-order chi connectivity index (χ0) is 20.0. The maximum Gasteiger partial charge on any atom is 0.407 e. The summed E-state index contributed by atoms with van der Waals surface area (Å²) in [6, 6.07) is 12.3. The molecule has 5 nitrogen and oxygen atoms in total. The van der Waals surface area contributed by atoms with Crippen LogP contribution in [0.3, 0.4) is 0 Å². The Balaban J connectivity index is 2.03. The standard InChI is InChI=1S/C21H25ClN2O3/c1-21(2,3)27-20(26)24-11-7-10-15-12-16(22)13-17(18(15)23)19(25)14-8-5-4-6-9-14/h4-6,8-9,12-13H,7,10-11,23H2,1-3H3,(H,24,26).